The Balaban J connectivity index is 3.13. The number of hydrogen-bond donors (Lipinski definition) is 1. The maximum absolute atomic E-state index is 13.6. The second-order valence-electron chi connectivity index (χ2n) is 3.80. The highest BCUT2D eigenvalue weighted by molar-refractivity contribution is 5.39. The third kappa shape index (κ3) is 2.93. The van der Waals surface area contributed by atoms with E-state index in [-0.39, 0.29) is 11.9 Å². The molecule has 84 valence electrons. The molecule has 0 aromatic heterocycles. The summed E-state index contributed by atoms with van der Waals surface area (Å²) >= 11 is 0. The van der Waals surface area contributed by atoms with E-state index < -0.39 is 0 Å². The van der Waals surface area contributed by atoms with E-state index in [0.717, 1.165) is 17.5 Å². The molecule has 0 radical (unpaired) electrons. The van der Waals surface area contributed by atoms with Crippen molar-refractivity contribution in [1.29, 1.82) is 0 Å². The van der Waals surface area contributed by atoms with E-state index in [9.17, 15) is 4.39 Å². The number of benzene rings is 1. The Morgan fingerprint density at radius 3 is 2.60 bits per heavy atom. The SMILES string of the molecule is CCc1cc(F)c(OC)c(CC(C)N)c1. The summed E-state index contributed by atoms with van der Waals surface area (Å²) in [5.41, 5.74) is 7.54. The van der Waals surface area contributed by atoms with Crippen LogP contribution in [0.15, 0.2) is 12.1 Å². The van der Waals surface area contributed by atoms with Gasteiger partial charge >= 0.3 is 0 Å². The minimum Gasteiger partial charge on any atom is -0.493 e. The molecule has 1 unspecified atom stereocenters. The molecule has 3 heteroatoms. The molecule has 0 saturated carbocycles. The lowest BCUT2D eigenvalue weighted by Crippen LogP contribution is -2.18. The zero-order chi connectivity index (χ0) is 11.4. The van der Waals surface area contributed by atoms with Gasteiger partial charge in [-0.1, -0.05) is 13.0 Å². The Kier molecular flexibility index (Phi) is 4.09. The summed E-state index contributed by atoms with van der Waals surface area (Å²) in [5, 5.41) is 0. The van der Waals surface area contributed by atoms with Crippen molar-refractivity contribution in [3.63, 3.8) is 0 Å². The van der Waals surface area contributed by atoms with Gasteiger partial charge in [0.2, 0.25) is 0 Å². The van der Waals surface area contributed by atoms with Crippen LogP contribution < -0.4 is 10.5 Å². The molecule has 2 nitrogen and oxygen atoms in total. The lowest BCUT2D eigenvalue weighted by molar-refractivity contribution is 0.380. The highest BCUT2D eigenvalue weighted by Gasteiger charge is 2.12. The van der Waals surface area contributed by atoms with Gasteiger partial charge in [-0.25, -0.2) is 4.39 Å². The van der Waals surface area contributed by atoms with Gasteiger partial charge in [-0.15, -0.1) is 0 Å². The second kappa shape index (κ2) is 5.12. The number of aryl methyl sites for hydroxylation is 1. The van der Waals surface area contributed by atoms with Crippen molar-refractivity contribution >= 4 is 0 Å². The number of halogens is 1. The molecule has 0 amide bonds. The van der Waals surface area contributed by atoms with Gasteiger partial charge in [0.1, 0.15) is 0 Å². The minimum absolute atomic E-state index is 0.00501. The lowest BCUT2D eigenvalue weighted by atomic mass is 10.0. The third-order valence-electron chi connectivity index (χ3n) is 2.33. The molecule has 0 fully saturated rings. The maximum Gasteiger partial charge on any atom is 0.165 e. The first-order valence-electron chi connectivity index (χ1n) is 5.19. The van der Waals surface area contributed by atoms with Gasteiger partial charge < -0.3 is 10.5 Å². The molecular formula is C12H18FNO. The molecule has 0 bridgehead atoms. The first kappa shape index (κ1) is 12.0. The van der Waals surface area contributed by atoms with Crippen LogP contribution in [0.4, 0.5) is 4.39 Å². The summed E-state index contributed by atoms with van der Waals surface area (Å²) in [6.45, 7) is 3.90. The summed E-state index contributed by atoms with van der Waals surface area (Å²) in [7, 11) is 1.48. The molecule has 0 aliphatic rings. The van der Waals surface area contributed by atoms with Gasteiger partial charge in [-0.3, -0.25) is 0 Å². The smallest absolute Gasteiger partial charge is 0.165 e. The first-order chi connectivity index (χ1) is 7.08. The average molecular weight is 211 g/mol. The Labute approximate surface area is 90.2 Å². The predicted octanol–water partition coefficient (Wildman–Crippen LogP) is 2.29. The second-order valence-corrected chi connectivity index (χ2v) is 3.80. The summed E-state index contributed by atoms with van der Waals surface area (Å²) in [4.78, 5) is 0. The third-order valence-corrected chi connectivity index (χ3v) is 2.33. The molecular weight excluding hydrogens is 193 g/mol. The zero-order valence-corrected chi connectivity index (χ0v) is 9.51. The molecule has 2 N–H and O–H groups in total. The van der Waals surface area contributed by atoms with Gasteiger partial charge in [0.25, 0.3) is 0 Å². The van der Waals surface area contributed by atoms with Crippen molar-refractivity contribution in [3.8, 4) is 5.75 Å². The van der Waals surface area contributed by atoms with Crippen molar-refractivity contribution in [2.45, 2.75) is 32.7 Å². The van der Waals surface area contributed by atoms with Crippen LogP contribution in [-0.4, -0.2) is 13.2 Å². The molecule has 15 heavy (non-hydrogen) atoms. The fraction of sp³-hybridized carbons (Fsp3) is 0.500. The van der Waals surface area contributed by atoms with Crippen molar-refractivity contribution in [3.05, 3.63) is 29.1 Å². The lowest BCUT2D eigenvalue weighted by Gasteiger charge is -2.13. The highest BCUT2D eigenvalue weighted by atomic mass is 19.1. The number of methoxy groups -OCH3 is 1. The average Bonchev–Trinajstić information content (AvgIpc) is 2.16. The van der Waals surface area contributed by atoms with Crippen LogP contribution in [0.5, 0.6) is 5.75 Å². The van der Waals surface area contributed by atoms with Crippen LogP contribution in [0, 0.1) is 5.82 Å². The molecule has 0 spiro atoms. The Hall–Kier alpha value is -1.09. The Morgan fingerprint density at radius 1 is 1.47 bits per heavy atom. The Bertz CT molecular complexity index is 337. The predicted molar refractivity (Wildman–Crippen MR) is 59.7 cm³/mol. The Morgan fingerprint density at radius 2 is 2.13 bits per heavy atom. The van der Waals surface area contributed by atoms with Gasteiger partial charge in [0.15, 0.2) is 11.6 Å². The van der Waals surface area contributed by atoms with Gasteiger partial charge in [-0.05, 0) is 37.0 Å². The molecule has 1 aromatic carbocycles. The van der Waals surface area contributed by atoms with Crippen molar-refractivity contribution in [2.24, 2.45) is 5.73 Å². The largest absolute Gasteiger partial charge is 0.493 e. The van der Waals surface area contributed by atoms with Crippen LogP contribution in [0.25, 0.3) is 0 Å². The van der Waals surface area contributed by atoms with Crippen LogP contribution in [0.1, 0.15) is 25.0 Å². The molecule has 0 heterocycles. The van der Waals surface area contributed by atoms with Crippen molar-refractivity contribution in [2.75, 3.05) is 7.11 Å². The maximum atomic E-state index is 13.6. The number of rotatable bonds is 4. The minimum atomic E-state index is -0.299. The quantitative estimate of drug-likeness (QED) is 0.829. The van der Waals surface area contributed by atoms with E-state index in [2.05, 4.69) is 0 Å². The van der Waals surface area contributed by atoms with Gasteiger partial charge in [0, 0.05) is 6.04 Å². The molecule has 1 aromatic rings. The monoisotopic (exact) mass is 211 g/mol. The summed E-state index contributed by atoms with van der Waals surface area (Å²) in [6.07, 6.45) is 1.45. The topological polar surface area (TPSA) is 35.2 Å². The number of ether oxygens (including phenoxy) is 1. The van der Waals surface area contributed by atoms with Crippen molar-refractivity contribution < 1.29 is 9.13 Å². The van der Waals surface area contributed by atoms with Crippen molar-refractivity contribution in [1.82, 2.24) is 0 Å². The summed E-state index contributed by atoms with van der Waals surface area (Å²) in [5.74, 6) is 0.0250. The summed E-state index contributed by atoms with van der Waals surface area (Å²) in [6, 6.07) is 3.49. The van der Waals surface area contributed by atoms with Crippen LogP contribution in [0.2, 0.25) is 0 Å². The van der Waals surface area contributed by atoms with E-state index in [1.54, 1.807) is 0 Å². The van der Waals surface area contributed by atoms with Crippen LogP contribution in [-0.2, 0) is 12.8 Å². The van der Waals surface area contributed by atoms with Gasteiger partial charge in [0.05, 0.1) is 7.11 Å². The normalized spacial score (nSPS) is 12.6. The van der Waals surface area contributed by atoms with Crippen LogP contribution >= 0.6 is 0 Å². The highest BCUT2D eigenvalue weighted by Crippen LogP contribution is 2.25. The van der Waals surface area contributed by atoms with E-state index in [4.69, 9.17) is 10.5 Å². The fourth-order valence-electron chi connectivity index (χ4n) is 1.64. The van der Waals surface area contributed by atoms with E-state index in [1.165, 1.54) is 13.2 Å². The zero-order valence-electron chi connectivity index (χ0n) is 9.51. The van der Waals surface area contributed by atoms with E-state index >= 15 is 0 Å². The standard InChI is InChI=1S/C12H18FNO/c1-4-9-6-10(5-8(2)14)12(15-3)11(13)7-9/h6-8H,4-5,14H2,1-3H3. The van der Waals surface area contributed by atoms with E-state index in [0.29, 0.717) is 12.2 Å². The molecule has 1 rings (SSSR count). The van der Waals surface area contributed by atoms with E-state index in [1.807, 2.05) is 19.9 Å². The molecule has 0 saturated heterocycles. The van der Waals surface area contributed by atoms with Gasteiger partial charge in [-0.2, -0.15) is 0 Å². The fourth-order valence-corrected chi connectivity index (χ4v) is 1.64. The molecule has 0 aliphatic carbocycles. The van der Waals surface area contributed by atoms with Crippen LogP contribution in [0.3, 0.4) is 0 Å². The molecule has 1 atom stereocenters. The molecule has 0 aliphatic heterocycles. The number of hydrogen-bond acceptors (Lipinski definition) is 2. The summed E-state index contributed by atoms with van der Waals surface area (Å²) < 4.78 is 18.6. The first-order valence-corrected chi connectivity index (χ1v) is 5.19. The number of nitrogens with two attached hydrogens (primary N) is 1.